The maximum Gasteiger partial charge on any atom is 0.309 e. The Kier molecular flexibility index (Phi) is 7.34. The molecule has 2 aromatic carbocycles. The van der Waals surface area contributed by atoms with E-state index in [1.807, 2.05) is 32.0 Å². The maximum absolute atomic E-state index is 12.3. The largest absolute Gasteiger partial charge is 0.489 e. The fourth-order valence-corrected chi connectivity index (χ4v) is 5.36. The maximum atomic E-state index is 12.3. The van der Waals surface area contributed by atoms with Gasteiger partial charge in [0.25, 0.3) is 0 Å². The molecule has 0 N–H and O–H groups in total. The number of fused-ring (bicyclic) bond motifs is 1. The third kappa shape index (κ3) is 5.08. The first-order valence-corrected chi connectivity index (χ1v) is 12.2. The van der Waals surface area contributed by atoms with Crippen molar-refractivity contribution in [3.05, 3.63) is 62.6 Å². The van der Waals surface area contributed by atoms with Crippen molar-refractivity contribution in [2.24, 2.45) is 5.92 Å². The number of hydrogen-bond donors (Lipinski definition) is 0. The van der Waals surface area contributed by atoms with E-state index in [2.05, 4.69) is 24.0 Å². The van der Waals surface area contributed by atoms with E-state index in [0.29, 0.717) is 22.7 Å². The second-order valence-corrected chi connectivity index (χ2v) is 9.97. The SMILES string of the molecule is Cc1cc2c(cc1OCc1c(Cl)cccc1Cl)CCC2N1CCC(C(=O)OC(C)C)CC1. The van der Waals surface area contributed by atoms with Crippen LogP contribution in [0, 0.1) is 12.8 Å². The van der Waals surface area contributed by atoms with Gasteiger partial charge in [-0.2, -0.15) is 0 Å². The van der Waals surface area contributed by atoms with Gasteiger partial charge in [0.05, 0.1) is 12.0 Å². The number of carbonyl (C=O) groups is 1. The zero-order valence-electron chi connectivity index (χ0n) is 19.0. The molecule has 4 nitrogen and oxygen atoms in total. The average Bonchev–Trinajstić information content (AvgIpc) is 3.15. The van der Waals surface area contributed by atoms with Crippen LogP contribution in [0.2, 0.25) is 10.0 Å². The molecule has 1 fully saturated rings. The van der Waals surface area contributed by atoms with Crippen molar-refractivity contribution in [3.8, 4) is 5.75 Å². The molecule has 1 atom stereocenters. The van der Waals surface area contributed by atoms with Gasteiger partial charge in [0.1, 0.15) is 12.4 Å². The number of ether oxygens (including phenoxy) is 2. The van der Waals surface area contributed by atoms with Crippen molar-refractivity contribution in [2.75, 3.05) is 13.1 Å². The lowest BCUT2D eigenvalue weighted by molar-refractivity contribution is -0.154. The average molecular weight is 476 g/mol. The highest BCUT2D eigenvalue weighted by atomic mass is 35.5. The molecule has 172 valence electrons. The molecule has 6 heteroatoms. The highest BCUT2D eigenvalue weighted by molar-refractivity contribution is 6.35. The molecule has 1 unspecified atom stereocenters. The third-order valence-electron chi connectivity index (χ3n) is 6.57. The van der Waals surface area contributed by atoms with E-state index in [9.17, 15) is 4.79 Å². The molecule has 0 bridgehead atoms. The van der Waals surface area contributed by atoms with Crippen LogP contribution in [0.1, 0.15) is 61.4 Å². The Balaban J connectivity index is 1.41. The van der Waals surface area contributed by atoms with E-state index in [-0.39, 0.29) is 18.0 Å². The smallest absolute Gasteiger partial charge is 0.309 e. The Morgan fingerprint density at radius 3 is 2.47 bits per heavy atom. The minimum absolute atomic E-state index is 0.0312. The first kappa shape index (κ1) is 23.4. The van der Waals surface area contributed by atoms with Gasteiger partial charge < -0.3 is 9.47 Å². The summed E-state index contributed by atoms with van der Waals surface area (Å²) in [6.45, 7) is 8.13. The zero-order chi connectivity index (χ0) is 22.8. The number of likely N-dealkylation sites (tertiary alicyclic amines) is 1. The number of halogens is 2. The number of nitrogens with zero attached hydrogens (tertiary/aromatic N) is 1. The predicted molar refractivity (Wildman–Crippen MR) is 129 cm³/mol. The van der Waals surface area contributed by atoms with Gasteiger partial charge in [-0.25, -0.2) is 0 Å². The Hall–Kier alpha value is -1.75. The van der Waals surface area contributed by atoms with E-state index in [1.54, 1.807) is 0 Å². The number of esters is 1. The van der Waals surface area contributed by atoms with E-state index in [1.165, 1.54) is 11.1 Å². The van der Waals surface area contributed by atoms with Crippen molar-refractivity contribution >= 4 is 29.2 Å². The lowest BCUT2D eigenvalue weighted by atomic mass is 9.94. The minimum Gasteiger partial charge on any atom is -0.489 e. The number of aryl methyl sites for hydroxylation is 2. The highest BCUT2D eigenvalue weighted by Gasteiger charge is 2.34. The van der Waals surface area contributed by atoms with E-state index >= 15 is 0 Å². The summed E-state index contributed by atoms with van der Waals surface area (Å²) in [4.78, 5) is 14.8. The Morgan fingerprint density at radius 2 is 1.81 bits per heavy atom. The van der Waals surface area contributed by atoms with Crippen molar-refractivity contribution in [2.45, 2.75) is 65.2 Å². The summed E-state index contributed by atoms with van der Waals surface area (Å²) in [6, 6.07) is 10.4. The fourth-order valence-electron chi connectivity index (χ4n) is 4.86. The molecule has 1 aliphatic heterocycles. The van der Waals surface area contributed by atoms with Crippen molar-refractivity contribution < 1.29 is 14.3 Å². The molecule has 0 amide bonds. The van der Waals surface area contributed by atoms with Gasteiger partial charge in [-0.3, -0.25) is 9.69 Å². The molecule has 1 aliphatic carbocycles. The molecule has 0 saturated carbocycles. The van der Waals surface area contributed by atoms with Gasteiger partial charge >= 0.3 is 5.97 Å². The Bertz CT molecular complexity index is 963. The van der Waals surface area contributed by atoms with E-state index in [4.69, 9.17) is 32.7 Å². The summed E-state index contributed by atoms with van der Waals surface area (Å²) in [5, 5.41) is 1.24. The van der Waals surface area contributed by atoms with Crippen molar-refractivity contribution in [3.63, 3.8) is 0 Å². The summed E-state index contributed by atoms with van der Waals surface area (Å²) >= 11 is 12.6. The number of piperidine rings is 1. The molecular weight excluding hydrogens is 445 g/mol. The summed E-state index contributed by atoms with van der Waals surface area (Å²) in [7, 11) is 0. The molecule has 4 rings (SSSR count). The molecule has 0 spiro atoms. The number of rotatable bonds is 6. The highest BCUT2D eigenvalue weighted by Crippen LogP contribution is 2.41. The van der Waals surface area contributed by atoms with Crippen LogP contribution >= 0.6 is 23.2 Å². The Labute approximate surface area is 200 Å². The topological polar surface area (TPSA) is 38.8 Å². The standard InChI is InChI=1S/C26H31Cl2NO3/c1-16(2)32-26(30)18-9-11-29(12-10-18)24-8-7-19-14-25(17(3)13-20(19)24)31-15-21-22(27)5-4-6-23(21)28/h4-6,13-14,16,18,24H,7-12,15H2,1-3H3. The number of hydrogen-bond acceptors (Lipinski definition) is 4. The van der Waals surface area contributed by atoms with Gasteiger partial charge in [-0.1, -0.05) is 35.3 Å². The predicted octanol–water partition coefficient (Wildman–Crippen LogP) is 6.53. The lowest BCUT2D eigenvalue weighted by Crippen LogP contribution is -2.39. The minimum atomic E-state index is -0.0458. The van der Waals surface area contributed by atoms with Crippen LogP contribution in [0.25, 0.3) is 0 Å². The van der Waals surface area contributed by atoms with Crippen LogP contribution in [0.3, 0.4) is 0 Å². The fraction of sp³-hybridized carbons (Fsp3) is 0.500. The van der Waals surface area contributed by atoms with Crippen LogP contribution in [-0.4, -0.2) is 30.1 Å². The summed E-state index contributed by atoms with van der Waals surface area (Å²) in [5.74, 6) is 0.877. The van der Waals surface area contributed by atoms with Crippen LogP contribution in [-0.2, 0) is 22.6 Å². The third-order valence-corrected chi connectivity index (χ3v) is 7.28. The van der Waals surface area contributed by atoms with Gasteiger partial charge in [0.2, 0.25) is 0 Å². The molecular formula is C26H31Cl2NO3. The van der Waals surface area contributed by atoms with Gasteiger partial charge in [-0.05, 0) is 94.4 Å². The first-order valence-electron chi connectivity index (χ1n) is 11.5. The second kappa shape index (κ2) is 10.0. The first-order chi connectivity index (χ1) is 15.3. The summed E-state index contributed by atoms with van der Waals surface area (Å²) in [6.07, 6.45) is 3.84. The normalized spacial score (nSPS) is 19.2. The van der Waals surface area contributed by atoms with Gasteiger partial charge in [0.15, 0.2) is 0 Å². The molecule has 32 heavy (non-hydrogen) atoms. The second-order valence-electron chi connectivity index (χ2n) is 9.16. The van der Waals surface area contributed by atoms with Crippen LogP contribution in [0.4, 0.5) is 0 Å². The van der Waals surface area contributed by atoms with Crippen LogP contribution in [0.5, 0.6) is 5.75 Å². The summed E-state index contributed by atoms with van der Waals surface area (Å²) in [5.41, 5.74) is 4.68. The van der Waals surface area contributed by atoms with E-state index < -0.39 is 0 Å². The van der Waals surface area contributed by atoms with Gasteiger partial charge in [-0.15, -0.1) is 0 Å². The molecule has 1 heterocycles. The van der Waals surface area contributed by atoms with Gasteiger partial charge in [0, 0.05) is 21.7 Å². The molecule has 0 radical (unpaired) electrons. The molecule has 2 aliphatic rings. The van der Waals surface area contributed by atoms with Crippen molar-refractivity contribution in [1.82, 2.24) is 4.90 Å². The van der Waals surface area contributed by atoms with Crippen LogP contribution < -0.4 is 4.74 Å². The number of benzene rings is 2. The van der Waals surface area contributed by atoms with Crippen molar-refractivity contribution in [1.29, 1.82) is 0 Å². The van der Waals surface area contributed by atoms with Crippen LogP contribution in [0.15, 0.2) is 30.3 Å². The molecule has 0 aromatic heterocycles. The summed E-state index contributed by atoms with van der Waals surface area (Å²) < 4.78 is 11.5. The zero-order valence-corrected chi connectivity index (χ0v) is 20.5. The lowest BCUT2D eigenvalue weighted by Gasteiger charge is -2.36. The molecule has 1 saturated heterocycles. The monoisotopic (exact) mass is 475 g/mol. The molecule has 2 aromatic rings. The Morgan fingerprint density at radius 1 is 1.12 bits per heavy atom. The number of carbonyl (C=O) groups excluding carboxylic acids is 1. The van der Waals surface area contributed by atoms with E-state index in [0.717, 1.165) is 55.6 Å². The quantitative estimate of drug-likeness (QED) is 0.445.